The molecule has 166 valence electrons. The molecule has 31 heavy (non-hydrogen) atoms. The molecule has 0 spiro atoms. The van der Waals surface area contributed by atoms with Crippen LogP contribution in [0.2, 0.25) is 0 Å². The van der Waals surface area contributed by atoms with Crippen LogP contribution in [-0.2, 0) is 11.2 Å². The van der Waals surface area contributed by atoms with Gasteiger partial charge in [0.15, 0.2) is 5.96 Å². The zero-order chi connectivity index (χ0) is 21.9. The Kier molecular flexibility index (Phi) is 8.70. The number of guanidine groups is 1. The molecule has 9 nitrogen and oxygen atoms in total. The van der Waals surface area contributed by atoms with Crippen molar-refractivity contribution >= 4 is 11.8 Å². The summed E-state index contributed by atoms with van der Waals surface area (Å²) in [4.78, 5) is 7.04. The summed E-state index contributed by atoms with van der Waals surface area (Å²) >= 11 is 0. The van der Waals surface area contributed by atoms with Gasteiger partial charge >= 0.3 is 0 Å². The molecule has 0 radical (unpaired) electrons. The van der Waals surface area contributed by atoms with E-state index in [-0.39, 0.29) is 0 Å². The van der Waals surface area contributed by atoms with Crippen LogP contribution in [0.1, 0.15) is 24.6 Å². The summed E-state index contributed by atoms with van der Waals surface area (Å²) in [5, 5.41) is 20.8. The summed E-state index contributed by atoms with van der Waals surface area (Å²) in [6.07, 6.45) is 1.42. The van der Waals surface area contributed by atoms with E-state index >= 15 is 0 Å². The van der Waals surface area contributed by atoms with E-state index in [2.05, 4.69) is 38.6 Å². The molecule has 0 atom stereocenters. The Morgan fingerprint density at radius 1 is 1.26 bits per heavy atom. The van der Waals surface area contributed by atoms with Gasteiger partial charge in [0, 0.05) is 39.3 Å². The van der Waals surface area contributed by atoms with E-state index in [9.17, 15) is 5.26 Å². The molecule has 4 N–H and O–H groups in total. The third kappa shape index (κ3) is 6.44. The summed E-state index contributed by atoms with van der Waals surface area (Å²) in [6.45, 7) is 8.88. The fourth-order valence-corrected chi connectivity index (χ4v) is 3.48. The van der Waals surface area contributed by atoms with Crippen molar-refractivity contribution in [2.45, 2.75) is 19.8 Å². The number of aliphatic imine (C=N–C) groups is 1. The Hall–Kier alpha value is -3.09. The second kappa shape index (κ2) is 11.9. The SMILES string of the molecule is CCNC(=NCCCc1nn(-c2ccccc2)c(N)c1C#N)NCCN1CCOCC1. The first-order valence-electron chi connectivity index (χ1n) is 10.9. The van der Waals surface area contributed by atoms with Crippen molar-refractivity contribution in [3.63, 3.8) is 0 Å². The molecular formula is C22H32N8O. The lowest BCUT2D eigenvalue weighted by molar-refractivity contribution is 0.0389. The minimum atomic E-state index is 0.380. The Morgan fingerprint density at radius 3 is 2.74 bits per heavy atom. The number of benzene rings is 1. The molecule has 0 bridgehead atoms. The second-order valence-electron chi connectivity index (χ2n) is 7.31. The minimum absolute atomic E-state index is 0.380. The zero-order valence-corrected chi connectivity index (χ0v) is 18.2. The van der Waals surface area contributed by atoms with E-state index in [4.69, 9.17) is 10.5 Å². The number of aromatic nitrogens is 2. The maximum atomic E-state index is 9.54. The number of ether oxygens (including phenoxy) is 1. The maximum absolute atomic E-state index is 9.54. The highest BCUT2D eigenvalue weighted by Crippen LogP contribution is 2.21. The number of nitrogens with one attached hydrogen (secondary N) is 2. The van der Waals surface area contributed by atoms with Gasteiger partial charge in [0.2, 0.25) is 0 Å². The molecule has 2 aromatic rings. The van der Waals surface area contributed by atoms with Crippen molar-refractivity contribution in [2.75, 3.05) is 58.2 Å². The molecule has 3 rings (SSSR count). The van der Waals surface area contributed by atoms with Gasteiger partial charge in [0.1, 0.15) is 17.5 Å². The van der Waals surface area contributed by atoms with Gasteiger partial charge in [-0.05, 0) is 31.9 Å². The van der Waals surface area contributed by atoms with E-state index in [0.717, 1.165) is 64.0 Å². The third-order valence-corrected chi connectivity index (χ3v) is 5.12. The van der Waals surface area contributed by atoms with Crippen molar-refractivity contribution in [3.8, 4) is 11.8 Å². The van der Waals surface area contributed by atoms with E-state index in [1.807, 2.05) is 30.3 Å². The molecule has 1 aromatic carbocycles. The Labute approximate surface area is 183 Å². The molecule has 0 unspecified atom stereocenters. The van der Waals surface area contributed by atoms with Gasteiger partial charge in [0.05, 0.1) is 24.6 Å². The Bertz CT molecular complexity index is 881. The minimum Gasteiger partial charge on any atom is -0.382 e. The first-order valence-corrected chi connectivity index (χ1v) is 10.9. The van der Waals surface area contributed by atoms with Gasteiger partial charge in [-0.1, -0.05) is 18.2 Å². The van der Waals surface area contributed by atoms with Crippen LogP contribution < -0.4 is 16.4 Å². The summed E-state index contributed by atoms with van der Waals surface area (Å²) in [5.74, 6) is 1.19. The van der Waals surface area contributed by atoms with E-state index in [1.165, 1.54) is 0 Å². The third-order valence-electron chi connectivity index (χ3n) is 5.12. The number of nitrogen functional groups attached to an aromatic ring is 1. The number of nitrogens with two attached hydrogens (primary N) is 1. The standard InChI is InChI=1S/C22H32N8O/c1-2-25-22(27-11-12-29-13-15-31-16-14-29)26-10-6-9-20-19(17-23)21(24)30(28-20)18-7-4-3-5-8-18/h3-5,7-8H,2,6,9-16,24H2,1H3,(H2,25,26,27). The van der Waals surface area contributed by atoms with Gasteiger partial charge in [-0.15, -0.1) is 0 Å². The fraction of sp³-hybridized carbons (Fsp3) is 0.500. The number of aryl methyl sites for hydroxylation is 1. The van der Waals surface area contributed by atoms with Crippen LogP contribution in [0, 0.1) is 11.3 Å². The van der Waals surface area contributed by atoms with Gasteiger partial charge in [-0.25, -0.2) is 4.68 Å². The first-order chi connectivity index (χ1) is 15.2. The van der Waals surface area contributed by atoms with Crippen LogP contribution in [0.5, 0.6) is 0 Å². The van der Waals surface area contributed by atoms with Crippen molar-refractivity contribution in [1.29, 1.82) is 5.26 Å². The van der Waals surface area contributed by atoms with Crippen LogP contribution in [0.4, 0.5) is 5.82 Å². The molecule has 1 aliphatic rings. The van der Waals surface area contributed by atoms with Crippen LogP contribution >= 0.6 is 0 Å². The van der Waals surface area contributed by atoms with Gasteiger partial charge < -0.3 is 21.1 Å². The predicted octanol–water partition coefficient (Wildman–Crippen LogP) is 1.15. The number of hydrogen-bond acceptors (Lipinski definition) is 6. The molecule has 0 aliphatic carbocycles. The summed E-state index contributed by atoms with van der Waals surface area (Å²) in [5.41, 5.74) is 8.18. The lowest BCUT2D eigenvalue weighted by Gasteiger charge is -2.26. The van der Waals surface area contributed by atoms with Crippen molar-refractivity contribution in [2.24, 2.45) is 4.99 Å². The second-order valence-corrected chi connectivity index (χ2v) is 7.31. The van der Waals surface area contributed by atoms with Crippen LogP contribution in [0.3, 0.4) is 0 Å². The summed E-state index contributed by atoms with van der Waals surface area (Å²) in [7, 11) is 0. The number of nitriles is 1. The number of nitrogens with zero attached hydrogens (tertiary/aromatic N) is 5. The van der Waals surface area contributed by atoms with E-state index < -0.39 is 0 Å². The lowest BCUT2D eigenvalue weighted by atomic mass is 10.1. The Morgan fingerprint density at radius 2 is 2.03 bits per heavy atom. The van der Waals surface area contributed by atoms with Crippen molar-refractivity contribution in [3.05, 3.63) is 41.6 Å². The molecule has 1 fully saturated rings. The summed E-state index contributed by atoms with van der Waals surface area (Å²) < 4.78 is 7.02. The smallest absolute Gasteiger partial charge is 0.191 e. The number of morpholine rings is 1. The quantitative estimate of drug-likeness (QED) is 0.314. The molecule has 2 heterocycles. The first kappa shape index (κ1) is 22.6. The fourth-order valence-electron chi connectivity index (χ4n) is 3.48. The number of para-hydroxylation sites is 1. The number of hydrogen-bond donors (Lipinski definition) is 3. The molecule has 9 heteroatoms. The van der Waals surface area contributed by atoms with Gasteiger partial charge in [-0.3, -0.25) is 9.89 Å². The highest BCUT2D eigenvalue weighted by atomic mass is 16.5. The summed E-state index contributed by atoms with van der Waals surface area (Å²) in [6, 6.07) is 11.8. The molecule has 1 aliphatic heterocycles. The molecule has 0 saturated carbocycles. The van der Waals surface area contributed by atoms with E-state index in [0.29, 0.717) is 30.0 Å². The molecular weight excluding hydrogens is 392 g/mol. The van der Waals surface area contributed by atoms with Gasteiger partial charge in [-0.2, -0.15) is 10.4 Å². The number of rotatable bonds is 9. The topological polar surface area (TPSA) is 117 Å². The monoisotopic (exact) mass is 424 g/mol. The molecule has 0 amide bonds. The van der Waals surface area contributed by atoms with Crippen molar-refractivity contribution < 1.29 is 4.74 Å². The zero-order valence-electron chi connectivity index (χ0n) is 18.2. The largest absolute Gasteiger partial charge is 0.382 e. The Balaban J connectivity index is 1.52. The molecule has 1 aromatic heterocycles. The molecule has 1 saturated heterocycles. The van der Waals surface area contributed by atoms with Crippen LogP contribution in [0.25, 0.3) is 5.69 Å². The van der Waals surface area contributed by atoms with Gasteiger partial charge in [0.25, 0.3) is 0 Å². The number of anilines is 1. The van der Waals surface area contributed by atoms with E-state index in [1.54, 1.807) is 4.68 Å². The average Bonchev–Trinajstić information content (AvgIpc) is 3.13. The van der Waals surface area contributed by atoms with Crippen LogP contribution in [0.15, 0.2) is 35.3 Å². The normalized spacial score (nSPS) is 14.9. The average molecular weight is 425 g/mol. The van der Waals surface area contributed by atoms with Crippen molar-refractivity contribution in [1.82, 2.24) is 25.3 Å². The highest BCUT2D eigenvalue weighted by Gasteiger charge is 2.16. The highest BCUT2D eigenvalue weighted by molar-refractivity contribution is 5.79. The van der Waals surface area contributed by atoms with Crippen LogP contribution in [-0.4, -0.2) is 73.1 Å². The lowest BCUT2D eigenvalue weighted by Crippen LogP contribution is -2.44. The predicted molar refractivity (Wildman–Crippen MR) is 122 cm³/mol. The maximum Gasteiger partial charge on any atom is 0.191 e.